The van der Waals surface area contributed by atoms with Gasteiger partial charge in [0.15, 0.2) is 5.96 Å². The Morgan fingerprint density at radius 2 is 1.87 bits per heavy atom. The molecule has 0 atom stereocenters. The van der Waals surface area contributed by atoms with E-state index in [1.807, 2.05) is 0 Å². The van der Waals surface area contributed by atoms with Crippen LogP contribution in [-0.4, -0.2) is 5.96 Å². The van der Waals surface area contributed by atoms with E-state index < -0.39 is 23.4 Å². The number of benzene rings is 1. The van der Waals surface area contributed by atoms with Crippen molar-refractivity contribution in [3.63, 3.8) is 0 Å². The Kier molecular flexibility index (Phi) is 3.09. The van der Waals surface area contributed by atoms with Crippen LogP contribution in [0.3, 0.4) is 0 Å². The highest BCUT2D eigenvalue weighted by molar-refractivity contribution is 6.33. The first-order chi connectivity index (χ1) is 6.82. The molecule has 1 aromatic carbocycles. The molecular weight excluding hydrogens is 231 g/mol. The van der Waals surface area contributed by atoms with Crippen molar-refractivity contribution >= 4 is 23.2 Å². The van der Waals surface area contributed by atoms with Gasteiger partial charge in [0, 0.05) is 0 Å². The highest BCUT2D eigenvalue weighted by Crippen LogP contribution is 2.39. The second kappa shape index (κ2) is 3.98. The van der Waals surface area contributed by atoms with E-state index in [9.17, 15) is 13.2 Å². The predicted molar refractivity (Wildman–Crippen MR) is 51.9 cm³/mol. The summed E-state index contributed by atoms with van der Waals surface area (Å²) in [4.78, 5) is 3.35. The van der Waals surface area contributed by atoms with Gasteiger partial charge in [0.1, 0.15) is 0 Å². The first-order valence-corrected chi connectivity index (χ1v) is 4.15. The van der Waals surface area contributed by atoms with Crippen molar-refractivity contribution in [2.24, 2.45) is 16.5 Å². The summed E-state index contributed by atoms with van der Waals surface area (Å²) in [7, 11) is 0. The van der Waals surface area contributed by atoms with Crippen LogP contribution in [0.1, 0.15) is 5.56 Å². The van der Waals surface area contributed by atoms with Gasteiger partial charge in [-0.3, -0.25) is 0 Å². The van der Waals surface area contributed by atoms with Gasteiger partial charge in [-0.2, -0.15) is 13.2 Å². The maximum atomic E-state index is 12.5. The molecule has 82 valence electrons. The van der Waals surface area contributed by atoms with Crippen LogP contribution in [0.25, 0.3) is 0 Å². The van der Waals surface area contributed by atoms with Crippen molar-refractivity contribution in [2.75, 3.05) is 0 Å². The predicted octanol–water partition coefficient (Wildman–Crippen LogP) is 2.26. The maximum Gasteiger partial charge on any atom is 0.418 e. The topological polar surface area (TPSA) is 64.4 Å². The van der Waals surface area contributed by atoms with Crippen molar-refractivity contribution in [1.82, 2.24) is 0 Å². The smallest absolute Gasteiger partial charge is 0.370 e. The molecule has 0 saturated carbocycles. The molecule has 15 heavy (non-hydrogen) atoms. The number of rotatable bonds is 1. The summed E-state index contributed by atoms with van der Waals surface area (Å²) in [5.41, 5.74) is 8.58. The highest BCUT2D eigenvalue weighted by Gasteiger charge is 2.34. The lowest BCUT2D eigenvalue weighted by atomic mass is 10.2. The summed E-state index contributed by atoms with van der Waals surface area (Å²) in [6, 6.07) is 3.31. The first kappa shape index (κ1) is 11.6. The molecule has 0 fully saturated rings. The molecule has 0 aliphatic heterocycles. The van der Waals surface area contributed by atoms with Crippen LogP contribution in [-0.2, 0) is 6.18 Å². The standard InChI is InChI=1S/C8H7ClF3N3/c9-5-3-1-2-4(8(10,11)12)6(5)15-7(13)14/h1-3H,(H4,13,14,15). The lowest BCUT2D eigenvalue weighted by molar-refractivity contribution is -0.137. The maximum absolute atomic E-state index is 12.5. The highest BCUT2D eigenvalue weighted by atomic mass is 35.5. The van der Waals surface area contributed by atoms with Gasteiger partial charge in [0.05, 0.1) is 16.3 Å². The molecule has 4 N–H and O–H groups in total. The minimum absolute atomic E-state index is 0.154. The monoisotopic (exact) mass is 237 g/mol. The molecule has 0 aromatic heterocycles. The summed E-state index contributed by atoms with van der Waals surface area (Å²) < 4.78 is 37.4. The van der Waals surface area contributed by atoms with Crippen LogP contribution in [0, 0.1) is 0 Å². The van der Waals surface area contributed by atoms with Gasteiger partial charge in [-0.15, -0.1) is 0 Å². The quantitative estimate of drug-likeness (QED) is 0.581. The van der Waals surface area contributed by atoms with Crippen molar-refractivity contribution < 1.29 is 13.2 Å². The first-order valence-electron chi connectivity index (χ1n) is 3.77. The van der Waals surface area contributed by atoms with E-state index in [0.717, 1.165) is 6.07 Å². The van der Waals surface area contributed by atoms with Crippen LogP contribution in [0.5, 0.6) is 0 Å². The number of guanidine groups is 1. The van der Waals surface area contributed by atoms with Gasteiger partial charge in [0.25, 0.3) is 0 Å². The minimum atomic E-state index is -4.54. The van der Waals surface area contributed by atoms with Gasteiger partial charge in [0.2, 0.25) is 0 Å². The Morgan fingerprint density at radius 1 is 1.27 bits per heavy atom. The van der Waals surface area contributed by atoms with Crippen LogP contribution in [0.2, 0.25) is 5.02 Å². The van der Waals surface area contributed by atoms with Crippen LogP contribution in [0.4, 0.5) is 18.9 Å². The van der Waals surface area contributed by atoms with Gasteiger partial charge < -0.3 is 11.5 Å². The number of halogens is 4. The SMILES string of the molecule is NC(N)=Nc1c(Cl)cccc1C(F)(F)F. The van der Waals surface area contributed by atoms with Gasteiger partial charge in [-0.25, -0.2) is 4.99 Å². The van der Waals surface area contributed by atoms with E-state index in [1.54, 1.807) is 0 Å². The van der Waals surface area contributed by atoms with E-state index in [4.69, 9.17) is 23.1 Å². The van der Waals surface area contributed by atoms with E-state index in [2.05, 4.69) is 4.99 Å². The second-order valence-electron chi connectivity index (χ2n) is 2.67. The molecular formula is C8H7ClF3N3. The molecule has 1 aromatic rings. The number of hydrogen-bond donors (Lipinski definition) is 2. The molecule has 0 aliphatic carbocycles. The molecule has 1 rings (SSSR count). The fraction of sp³-hybridized carbons (Fsp3) is 0.125. The van der Waals surface area contributed by atoms with E-state index in [-0.39, 0.29) is 5.02 Å². The summed E-state index contributed by atoms with van der Waals surface area (Å²) in [6.45, 7) is 0. The Balaban J connectivity index is 3.40. The van der Waals surface area contributed by atoms with Crippen molar-refractivity contribution in [3.8, 4) is 0 Å². The third kappa shape index (κ3) is 2.76. The number of para-hydroxylation sites is 1. The summed E-state index contributed by atoms with van der Waals surface area (Å²) >= 11 is 5.56. The molecule has 0 amide bonds. The zero-order valence-corrected chi connectivity index (χ0v) is 8.10. The molecule has 0 spiro atoms. The fourth-order valence-corrected chi connectivity index (χ4v) is 1.20. The number of aliphatic imine (C=N–C) groups is 1. The Bertz CT molecular complexity index is 397. The number of alkyl halides is 3. The van der Waals surface area contributed by atoms with Crippen LogP contribution in [0.15, 0.2) is 23.2 Å². The van der Waals surface area contributed by atoms with E-state index in [1.165, 1.54) is 12.1 Å². The summed E-state index contributed by atoms with van der Waals surface area (Å²) in [5.74, 6) is -0.478. The van der Waals surface area contributed by atoms with E-state index >= 15 is 0 Å². The van der Waals surface area contributed by atoms with Crippen molar-refractivity contribution in [3.05, 3.63) is 28.8 Å². The summed E-state index contributed by atoms with van der Waals surface area (Å²) in [5, 5.41) is -0.154. The number of nitrogens with two attached hydrogens (primary N) is 2. The normalized spacial score (nSPS) is 11.2. The third-order valence-electron chi connectivity index (χ3n) is 1.53. The van der Waals surface area contributed by atoms with Gasteiger partial charge in [-0.05, 0) is 12.1 Å². The fourth-order valence-electron chi connectivity index (χ4n) is 0.987. The molecule has 0 saturated heterocycles. The lowest BCUT2D eigenvalue weighted by Gasteiger charge is -2.10. The zero-order valence-electron chi connectivity index (χ0n) is 7.35. The van der Waals surface area contributed by atoms with Crippen molar-refractivity contribution in [1.29, 1.82) is 0 Å². The average Bonchev–Trinajstić information content (AvgIpc) is 2.05. The minimum Gasteiger partial charge on any atom is -0.370 e. The number of nitrogens with zero attached hydrogens (tertiary/aromatic N) is 1. The second-order valence-corrected chi connectivity index (χ2v) is 3.08. The van der Waals surface area contributed by atoms with Crippen LogP contribution >= 0.6 is 11.6 Å². The molecule has 0 bridgehead atoms. The summed E-state index contributed by atoms with van der Waals surface area (Å²) in [6.07, 6.45) is -4.54. The van der Waals surface area contributed by atoms with E-state index in [0.29, 0.717) is 0 Å². The Hall–Kier alpha value is -1.43. The molecule has 3 nitrogen and oxygen atoms in total. The molecule has 7 heteroatoms. The zero-order chi connectivity index (χ0) is 11.6. The van der Waals surface area contributed by atoms with Crippen molar-refractivity contribution in [2.45, 2.75) is 6.18 Å². The lowest BCUT2D eigenvalue weighted by Crippen LogP contribution is -2.22. The Morgan fingerprint density at radius 3 is 2.33 bits per heavy atom. The largest absolute Gasteiger partial charge is 0.418 e. The molecule has 0 aliphatic rings. The van der Waals surface area contributed by atoms with Gasteiger partial charge >= 0.3 is 6.18 Å². The average molecular weight is 238 g/mol. The Labute approximate surface area is 88.5 Å². The molecule has 0 heterocycles. The van der Waals surface area contributed by atoms with Crippen LogP contribution < -0.4 is 11.5 Å². The molecule has 0 radical (unpaired) electrons. The third-order valence-corrected chi connectivity index (χ3v) is 1.84. The number of hydrogen-bond acceptors (Lipinski definition) is 1. The van der Waals surface area contributed by atoms with Gasteiger partial charge in [-0.1, -0.05) is 17.7 Å². The molecule has 0 unspecified atom stereocenters.